The van der Waals surface area contributed by atoms with Gasteiger partial charge in [-0.1, -0.05) is 23.9 Å². The molecule has 2 N–H and O–H groups in total. The van der Waals surface area contributed by atoms with Crippen molar-refractivity contribution in [2.45, 2.75) is 5.16 Å². The Morgan fingerprint density at radius 2 is 1.77 bits per heavy atom. The van der Waals surface area contributed by atoms with Gasteiger partial charge in [-0.05, 0) is 64.5 Å². The molecule has 0 aliphatic rings. The number of aromatic nitrogens is 4. The Kier molecular flexibility index (Phi) is 6.10. The number of nitrogens with zero attached hydrogens (tertiary/aromatic N) is 4. The minimum atomic E-state index is -0.155. The van der Waals surface area contributed by atoms with Crippen LogP contribution < -0.4 is 5.32 Å². The average molecular weight is 482 g/mol. The van der Waals surface area contributed by atoms with Gasteiger partial charge in [-0.2, -0.15) is 0 Å². The molecular weight excluding hydrogens is 466 g/mol. The van der Waals surface area contributed by atoms with Gasteiger partial charge in [-0.3, -0.25) is 14.3 Å². The number of hydrogen-bond donors (Lipinski definition) is 2. The largest absolute Gasteiger partial charge is 0.508 e. The first-order valence-electron chi connectivity index (χ1n) is 8.94. The summed E-state index contributed by atoms with van der Waals surface area (Å²) in [6, 6.07) is 17.9. The van der Waals surface area contributed by atoms with Crippen molar-refractivity contribution in [2.24, 2.45) is 0 Å². The fraction of sp³-hybridized carbons (Fsp3) is 0.0476. The summed E-state index contributed by atoms with van der Waals surface area (Å²) < 4.78 is 2.67. The molecular formula is C21H16BrN5O2S. The highest BCUT2D eigenvalue weighted by atomic mass is 79.9. The van der Waals surface area contributed by atoms with Gasteiger partial charge in [-0.15, -0.1) is 10.2 Å². The quantitative estimate of drug-likeness (QED) is 0.393. The maximum absolute atomic E-state index is 12.5. The van der Waals surface area contributed by atoms with Crippen molar-refractivity contribution in [3.05, 3.63) is 77.5 Å². The Balaban J connectivity index is 1.60. The van der Waals surface area contributed by atoms with Crippen molar-refractivity contribution >= 4 is 39.3 Å². The lowest BCUT2D eigenvalue weighted by molar-refractivity contribution is -0.113. The SMILES string of the molecule is O=C(CSc1nnc(-c2ccncc2)n1-c1ccc(O)cc1)Nc1ccccc1Br. The van der Waals surface area contributed by atoms with Gasteiger partial charge in [-0.25, -0.2) is 0 Å². The second-order valence-electron chi connectivity index (χ2n) is 6.21. The van der Waals surface area contributed by atoms with Crippen LogP contribution in [0.5, 0.6) is 5.75 Å². The summed E-state index contributed by atoms with van der Waals surface area (Å²) in [6.45, 7) is 0. The average Bonchev–Trinajstić information content (AvgIpc) is 3.19. The number of nitrogens with one attached hydrogen (secondary N) is 1. The molecule has 0 aliphatic carbocycles. The van der Waals surface area contributed by atoms with E-state index in [1.165, 1.54) is 11.8 Å². The Morgan fingerprint density at radius 3 is 2.50 bits per heavy atom. The number of carbonyl (C=O) groups excluding carboxylic acids is 1. The Bertz CT molecular complexity index is 1170. The Hall–Kier alpha value is -3.17. The molecule has 0 saturated heterocycles. The van der Waals surface area contributed by atoms with Crippen LogP contribution in [0.15, 0.2) is 82.7 Å². The lowest BCUT2D eigenvalue weighted by atomic mass is 10.2. The van der Waals surface area contributed by atoms with Crippen LogP contribution in [0, 0.1) is 0 Å². The zero-order valence-corrected chi connectivity index (χ0v) is 18.0. The van der Waals surface area contributed by atoms with Gasteiger partial charge in [0.05, 0.1) is 11.4 Å². The minimum absolute atomic E-state index is 0.155. The molecule has 0 atom stereocenters. The van der Waals surface area contributed by atoms with Gasteiger partial charge in [0, 0.05) is 28.1 Å². The summed E-state index contributed by atoms with van der Waals surface area (Å²) in [5.41, 5.74) is 2.33. The van der Waals surface area contributed by atoms with Crippen LogP contribution in [0.3, 0.4) is 0 Å². The number of phenols is 1. The number of amides is 1. The molecule has 30 heavy (non-hydrogen) atoms. The third-order valence-electron chi connectivity index (χ3n) is 4.16. The fourth-order valence-electron chi connectivity index (χ4n) is 2.76. The number of para-hydroxylation sites is 1. The number of carbonyl (C=O) groups is 1. The van der Waals surface area contributed by atoms with Crippen molar-refractivity contribution < 1.29 is 9.90 Å². The minimum Gasteiger partial charge on any atom is -0.508 e. The summed E-state index contributed by atoms with van der Waals surface area (Å²) in [4.78, 5) is 16.5. The zero-order valence-electron chi connectivity index (χ0n) is 15.6. The first-order valence-corrected chi connectivity index (χ1v) is 10.7. The fourth-order valence-corrected chi connectivity index (χ4v) is 3.90. The van der Waals surface area contributed by atoms with Crippen LogP contribution >= 0.6 is 27.7 Å². The molecule has 0 spiro atoms. The Labute approximate surface area is 185 Å². The summed E-state index contributed by atoms with van der Waals surface area (Å²) in [5, 5.41) is 21.7. The standard InChI is InChI=1S/C21H16BrN5O2S/c22-17-3-1-2-4-18(17)24-19(29)13-30-21-26-25-20(14-9-11-23-12-10-14)27(21)15-5-7-16(28)8-6-15/h1-12,28H,13H2,(H,24,29). The van der Waals surface area contributed by atoms with E-state index in [1.54, 1.807) is 36.7 Å². The van der Waals surface area contributed by atoms with Crippen LogP contribution in [-0.4, -0.2) is 36.5 Å². The number of benzene rings is 2. The molecule has 7 nitrogen and oxygen atoms in total. The molecule has 9 heteroatoms. The van der Waals surface area contributed by atoms with E-state index in [0.29, 0.717) is 16.7 Å². The molecule has 4 rings (SSSR count). The van der Waals surface area contributed by atoms with Gasteiger partial charge in [0.25, 0.3) is 0 Å². The first-order chi connectivity index (χ1) is 14.6. The van der Waals surface area contributed by atoms with Gasteiger partial charge in [0.2, 0.25) is 5.91 Å². The van der Waals surface area contributed by atoms with Gasteiger partial charge in [0.15, 0.2) is 11.0 Å². The van der Waals surface area contributed by atoms with Crippen molar-refractivity contribution in [1.29, 1.82) is 0 Å². The molecule has 4 aromatic rings. The molecule has 2 aromatic carbocycles. The van der Waals surface area contributed by atoms with E-state index in [-0.39, 0.29) is 17.4 Å². The summed E-state index contributed by atoms with van der Waals surface area (Å²) in [5.74, 6) is 0.794. The molecule has 0 radical (unpaired) electrons. The molecule has 0 unspecified atom stereocenters. The maximum Gasteiger partial charge on any atom is 0.234 e. The molecule has 150 valence electrons. The lowest BCUT2D eigenvalue weighted by Gasteiger charge is -2.11. The molecule has 0 aliphatic heterocycles. The van der Waals surface area contributed by atoms with Crippen LogP contribution in [0.2, 0.25) is 0 Å². The number of anilines is 1. The second-order valence-corrected chi connectivity index (χ2v) is 8.01. The predicted molar refractivity (Wildman–Crippen MR) is 120 cm³/mol. The summed E-state index contributed by atoms with van der Waals surface area (Å²) in [6.07, 6.45) is 3.37. The maximum atomic E-state index is 12.5. The third-order valence-corrected chi connectivity index (χ3v) is 5.78. The molecule has 0 bridgehead atoms. The number of phenolic OH excluding ortho intramolecular Hbond substituents is 1. The number of hydrogen-bond acceptors (Lipinski definition) is 6. The smallest absolute Gasteiger partial charge is 0.234 e. The monoisotopic (exact) mass is 481 g/mol. The highest BCUT2D eigenvalue weighted by Gasteiger charge is 2.17. The third kappa shape index (κ3) is 4.52. The van der Waals surface area contributed by atoms with Gasteiger partial charge >= 0.3 is 0 Å². The lowest BCUT2D eigenvalue weighted by Crippen LogP contribution is -2.15. The van der Waals surface area contributed by atoms with E-state index in [2.05, 4.69) is 36.4 Å². The van der Waals surface area contributed by atoms with Crippen LogP contribution in [0.4, 0.5) is 5.69 Å². The van der Waals surface area contributed by atoms with E-state index in [4.69, 9.17) is 0 Å². The normalized spacial score (nSPS) is 10.7. The van der Waals surface area contributed by atoms with Crippen LogP contribution in [0.1, 0.15) is 0 Å². The summed E-state index contributed by atoms with van der Waals surface area (Å²) >= 11 is 4.70. The van der Waals surface area contributed by atoms with Crippen molar-refractivity contribution in [2.75, 3.05) is 11.1 Å². The first kappa shape index (κ1) is 20.1. The topological polar surface area (TPSA) is 92.9 Å². The molecule has 0 fully saturated rings. The molecule has 2 aromatic heterocycles. The van der Waals surface area contributed by atoms with E-state index in [1.807, 2.05) is 41.0 Å². The van der Waals surface area contributed by atoms with Crippen molar-refractivity contribution in [3.8, 4) is 22.8 Å². The van der Waals surface area contributed by atoms with Crippen LogP contribution in [-0.2, 0) is 4.79 Å². The number of aromatic hydroxyl groups is 1. The molecule has 0 saturated carbocycles. The Morgan fingerprint density at radius 1 is 1.03 bits per heavy atom. The number of thioether (sulfide) groups is 1. The van der Waals surface area contributed by atoms with E-state index in [0.717, 1.165) is 15.7 Å². The van der Waals surface area contributed by atoms with Crippen LogP contribution in [0.25, 0.3) is 17.1 Å². The highest BCUT2D eigenvalue weighted by Crippen LogP contribution is 2.29. The number of pyridine rings is 1. The number of halogens is 1. The van der Waals surface area contributed by atoms with E-state index in [9.17, 15) is 9.90 Å². The zero-order chi connectivity index (χ0) is 20.9. The summed E-state index contributed by atoms with van der Waals surface area (Å²) in [7, 11) is 0. The van der Waals surface area contributed by atoms with Gasteiger partial charge < -0.3 is 10.4 Å². The van der Waals surface area contributed by atoms with E-state index < -0.39 is 0 Å². The molecule has 2 heterocycles. The van der Waals surface area contributed by atoms with Gasteiger partial charge in [0.1, 0.15) is 5.75 Å². The van der Waals surface area contributed by atoms with Crippen molar-refractivity contribution in [1.82, 2.24) is 19.7 Å². The molecule has 1 amide bonds. The number of rotatable bonds is 6. The highest BCUT2D eigenvalue weighted by molar-refractivity contribution is 9.10. The van der Waals surface area contributed by atoms with E-state index >= 15 is 0 Å². The van der Waals surface area contributed by atoms with Crippen molar-refractivity contribution in [3.63, 3.8) is 0 Å². The second kappa shape index (κ2) is 9.10. The predicted octanol–water partition coefficient (Wildman–Crippen LogP) is 4.53.